The zero-order valence-electron chi connectivity index (χ0n) is 13.8. The Morgan fingerprint density at radius 2 is 1.84 bits per heavy atom. The Morgan fingerprint density at radius 3 is 2.48 bits per heavy atom. The van der Waals surface area contributed by atoms with E-state index in [0.29, 0.717) is 28.4 Å². The Labute approximate surface area is 151 Å². The molecule has 6 heteroatoms. The lowest BCUT2D eigenvalue weighted by Crippen LogP contribution is -2.25. The number of anilines is 1. The van der Waals surface area contributed by atoms with Crippen LogP contribution in [-0.2, 0) is 11.3 Å². The second-order valence-electron chi connectivity index (χ2n) is 6.03. The van der Waals surface area contributed by atoms with Crippen LogP contribution in [0.5, 0.6) is 0 Å². The zero-order chi connectivity index (χ0) is 17.8. The first-order valence-electron chi connectivity index (χ1n) is 8.06. The van der Waals surface area contributed by atoms with E-state index in [9.17, 15) is 9.59 Å². The summed E-state index contributed by atoms with van der Waals surface area (Å²) in [5.74, 6) is -0.465. The lowest BCUT2D eigenvalue weighted by atomic mass is 10.1. The van der Waals surface area contributed by atoms with Crippen molar-refractivity contribution in [1.82, 2.24) is 5.32 Å². The summed E-state index contributed by atoms with van der Waals surface area (Å²) in [6.45, 7) is 0.499. The maximum Gasteiger partial charge on any atom is 0.255 e. The van der Waals surface area contributed by atoms with Crippen molar-refractivity contribution in [3.63, 3.8) is 0 Å². The monoisotopic (exact) mass is 358 g/mol. The van der Waals surface area contributed by atoms with Gasteiger partial charge in [-0.25, -0.2) is 0 Å². The van der Waals surface area contributed by atoms with Crippen molar-refractivity contribution >= 4 is 29.1 Å². The predicted octanol–water partition coefficient (Wildman–Crippen LogP) is 3.63. The molecule has 0 spiro atoms. The minimum Gasteiger partial charge on any atom is -0.380 e. The third-order valence-corrected chi connectivity index (χ3v) is 4.24. The summed E-state index contributed by atoms with van der Waals surface area (Å²) in [5, 5.41) is 6.05. The second-order valence-corrected chi connectivity index (χ2v) is 6.43. The van der Waals surface area contributed by atoms with E-state index in [-0.39, 0.29) is 17.9 Å². The third kappa shape index (κ3) is 4.59. The quantitative estimate of drug-likeness (QED) is 0.828. The smallest absolute Gasteiger partial charge is 0.255 e. The van der Waals surface area contributed by atoms with E-state index in [1.54, 1.807) is 37.4 Å². The predicted molar refractivity (Wildman–Crippen MR) is 97.0 cm³/mol. The molecule has 0 aliphatic heterocycles. The van der Waals surface area contributed by atoms with E-state index in [4.69, 9.17) is 16.3 Å². The standard InChI is InChI=1S/C19H19ClN2O3/c1-25-11-12-2-4-13(5-3-12)18(23)22-15-8-9-17(20)16(10-15)19(24)21-14-6-7-14/h2-5,8-10,14H,6-7,11H2,1H3,(H,21,24)(H,22,23). The van der Waals surface area contributed by atoms with Gasteiger partial charge in [0.2, 0.25) is 0 Å². The molecular formula is C19H19ClN2O3. The lowest BCUT2D eigenvalue weighted by Gasteiger charge is -2.10. The van der Waals surface area contributed by atoms with Crippen molar-refractivity contribution in [1.29, 1.82) is 0 Å². The van der Waals surface area contributed by atoms with Gasteiger partial charge in [-0.15, -0.1) is 0 Å². The minimum atomic E-state index is -0.250. The van der Waals surface area contributed by atoms with Crippen molar-refractivity contribution in [3.05, 3.63) is 64.2 Å². The number of nitrogens with one attached hydrogen (secondary N) is 2. The van der Waals surface area contributed by atoms with Gasteiger partial charge in [0.05, 0.1) is 17.2 Å². The maximum absolute atomic E-state index is 12.4. The molecule has 1 aliphatic carbocycles. The highest BCUT2D eigenvalue weighted by atomic mass is 35.5. The summed E-state index contributed by atoms with van der Waals surface area (Å²) < 4.78 is 5.05. The van der Waals surface area contributed by atoms with E-state index >= 15 is 0 Å². The first-order chi connectivity index (χ1) is 12.1. The average molecular weight is 359 g/mol. The molecule has 1 aliphatic rings. The normalized spacial score (nSPS) is 13.4. The van der Waals surface area contributed by atoms with Crippen LogP contribution < -0.4 is 10.6 Å². The first kappa shape index (κ1) is 17.5. The van der Waals surface area contributed by atoms with E-state index in [1.165, 1.54) is 0 Å². The topological polar surface area (TPSA) is 67.4 Å². The number of hydrogen-bond acceptors (Lipinski definition) is 3. The molecule has 0 atom stereocenters. The molecule has 2 aromatic carbocycles. The fraction of sp³-hybridized carbons (Fsp3) is 0.263. The number of benzene rings is 2. The Morgan fingerprint density at radius 1 is 1.12 bits per heavy atom. The molecule has 5 nitrogen and oxygen atoms in total. The second kappa shape index (κ2) is 7.68. The zero-order valence-corrected chi connectivity index (χ0v) is 14.6. The van der Waals surface area contributed by atoms with Crippen molar-refractivity contribution in [2.75, 3.05) is 12.4 Å². The van der Waals surface area contributed by atoms with Crippen LogP contribution in [0.25, 0.3) is 0 Å². The van der Waals surface area contributed by atoms with Crippen molar-refractivity contribution < 1.29 is 14.3 Å². The molecule has 0 saturated heterocycles. The molecule has 0 radical (unpaired) electrons. The number of halogens is 1. The lowest BCUT2D eigenvalue weighted by molar-refractivity contribution is 0.0949. The Balaban J connectivity index is 1.71. The van der Waals surface area contributed by atoms with Crippen LogP contribution in [0.2, 0.25) is 5.02 Å². The van der Waals surface area contributed by atoms with Crippen LogP contribution >= 0.6 is 11.6 Å². The first-order valence-corrected chi connectivity index (χ1v) is 8.44. The molecule has 0 aromatic heterocycles. The highest BCUT2D eigenvalue weighted by Crippen LogP contribution is 2.24. The SMILES string of the molecule is COCc1ccc(C(=O)Nc2ccc(Cl)c(C(=O)NC3CC3)c2)cc1. The number of rotatable bonds is 6. The molecule has 2 aromatic rings. The molecule has 1 saturated carbocycles. The van der Waals surface area contributed by atoms with Gasteiger partial charge in [-0.2, -0.15) is 0 Å². The molecule has 0 unspecified atom stereocenters. The fourth-order valence-corrected chi connectivity index (χ4v) is 2.59. The highest BCUT2D eigenvalue weighted by Gasteiger charge is 2.24. The highest BCUT2D eigenvalue weighted by molar-refractivity contribution is 6.34. The summed E-state index contributed by atoms with van der Waals surface area (Å²) in [6, 6.07) is 12.3. The summed E-state index contributed by atoms with van der Waals surface area (Å²) in [5.41, 5.74) is 2.40. The Bertz CT molecular complexity index is 786. The van der Waals surface area contributed by atoms with Crippen molar-refractivity contribution in [2.24, 2.45) is 0 Å². The van der Waals surface area contributed by atoms with Gasteiger partial charge in [0.25, 0.3) is 11.8 Å². The van der Waals surface area contributed by atoms with Crippen LogP contribution in [0.1, 0.15) is 39.1 Å². The molecule has 2 N–H and O–H groups in total. The number of amides is 2. The molecule has 0 heterocycles. The van der Waals surface area contributed by atoms with Crippen LogP contribution in [-0.4, -0.2) is 25.0 Å². The Hall–Kier alpha value is -2.37. The summed E-state index contributed by atoms with van der Waals surface area (Å²) in [7, 11) is 1.62. The largest absolute Gasteiger partial charge is 0.380 e. The molecule has 25 heavy (non-hydrogen) atoms. The van der Waals surface area contributed by atoms with Gasteiger partial charge in [-0.1, -0.05) is 23.7 Å². The molecule has 2 amide bonds. The summed E-state index contributed by atoms with van der Waals surface area (Å²) in [6.07, 6.45) is 2.00. The van der Waals surface area contributed by atoms with Gasteiger partial charge in [0.1, 0.15) is 0 Å². The minimum absolute atomic E-state index is 0.215. The van der Waals surface area contributed by atoms with Crippen LogP contribution in [0.15, 0.2) is 42.5 Å². The van der Waals surface area contributed by atoms with E-state index < -0.39 is 0 Å². The molecule has 0 bridgehead atoms. The average Bonchev–Trinajstić information content (AvgIpc) is 3.41. The van der Waals surface area contributed by atoms with Crippen LogP contribution in [0.4, 0.5) is 5.69 Å². The van der Waals surface area contributed by atoms with Gasteiger partial charge >= 0.3 is 0 Å². The van der Waals surface area contributed by atoms with Gasteiger partial charge in [0, 0.05) is 24.4 Å². The van der Waals surface area contributed by atoms with Gasteiger partial charge in [-0.3, -0.25) is 9.59 Å². The fourth-order valence-electron chi connectivity index (χ4n) is 2.39. The maximum atomic E-state index is 12.4. The van der Waals surface area contributed by atoms with Gasteiger partial charge < -0.3 is 15.4 Å². The van der Waals surface area contributed by atoms with Crippen molar-refractivity contribution in [2.45, 2.75) is 25.5 Å². The molecule has 1 fully saturated rings. The van der Waals surface area contributed by atoms with E-state index in [2.05, 4.69) is 10.6 Å². The number of carbonyl (C=O) groups excluding carboxylic acids is 2. The van der Waals surface area contributed by atoms with E-state index in [1.807, 2.05) is 12.1 Å². The van der Waals surface area contributed by atoms with E-state index in [0.717, 1.165) is 18.4 Å². The van der Waals surface area contributed by atoms with Crippen molar-refractivity contribution in [3.8, 4) is 0 Å². The summed E-state index contributed by atoms with van der Waals surface area (Å²) >= 11 is 6.11. The third-order valence-electron chi connectivity index (χ3n) is 3.91. The number of carbonyl (C=O) groups is 2. The molecular weight excluding hydrogens is 340 g/mol. The van der Waals surface area contributed by atoms with Crippen LogP contribution in [0.3, 0.4) is 0 Å². The Kier molecular flexibility index (Phi) is 5.36. The van der Waals surface area contributed by atoms with Gasteiger partial charge in [-0.05, 0) is 48.7 Å². The number of methoxy groups -OCH3 is 1. The summed E-state index contributed by atoms with van der Waals surface area (Å²) in [4.78, 5) is 24.6. The van der Waals surface area contributed by atoms with Crippen LogP contribution in [0, 0.1) is 0 Å². The number of ether oxygens (including phenoxy) is 1. The molecule has 130 valence electrons. The van der Waals surface area contributed by atoms with Gasteiger partial charge in [0.15, 0.2) is 0 Å². The molecule has 3 rings (SSSR count). The number of hydrogen-bond donors (Lipinski definition) is 2.